The van der Waals surface area contributed by atoms with Crippen molar-refractivity contribution in [2.45, 2.75) is 24.8 Å². The van der Waals surface area contributed by atoms with E-state index in [9.17, 15) is 0 Å². The Bertz CT molecular complexity index is 271. The van der Waals surface area contributed by atoms with Crippen molar-refractivity contribution in [2.24, 2.45) is 0 Å². The molecule has 1 aromatic rings. The maximum Gasteiger partial charge on any atom is 0.119 e. The zero-order chi connectivity index (χ0) is 11.1. The van der Waals surface area contributed by atoms with Crippen molar-refractivity contribution in [3.05, 3.63) is 29.8 Å². The molecule has 0 radical (unpaired) electrons. The molecule has 0 aliphatic carbocycles. The van der Waals surface area contributed by atoms with Crippen LogP contribution in [0.25, 0.3) is 0 Å². The number of hydrogen-bond acceptors (Lipinski definition) is 2. The fraction of sp³-hybridized carbons (Fsp3) is 0.500. The highest BCUT2D eigenvalue weighted by molar-refractivity contribution is 9.08. The zero-order valence-electron chi connectivity index (χ0n) is 9.20. The van der Waals surface area contributed by atoms with Gasteiger partial charge >= 0.3 is 0 Å². The molecule has 3 heteroatoms. The van der Waals surface area contributed by atoms with Crippen molar-refractivity contribution >= 4 is 15.9 Å². The molecule has 0 saturated heterocycles. The number of ether oxygens (including phenoxy) is 2. The summed E-state index contributed by atoms with van der Waals surface area (Å²) in [7, 11) is 1.71. The van der Waals surface area contributed by atoms with E-state index in [1.54, 1.807) is 7.11 Å². The largest absolute Gasteiger partial charge is 0.491 e. The molecule has 2 nitrogen and oxygen atoms in total. The average molecular weight is 273 g/mol. The lowest BCUT2D eigenvalue weighted by Crippen LogP contribution is -2.14. The Hall–Kier alpha value is -0.540. The molecule has 84 valence electrons. The Balaban J connectivity index is 2.42. The molecule has 1 unspecified atom stereocenters. The van der Waals surface area contributed by atoms with Crippen LogP contribution in [0.3, 0.4) is 0 Å². The zero-order valence-corrected chi connectivity index (χ0v) is 10.8. The maximum atomic E-state index is 5.72. The van der Waals surface area contributed by atoms with Crippen molar-refractivity contribution in [3.63, 3.8) is 0 Å². The molecule has 15 heavy (non-hydrogen) atoms. The molecule has 0 amide bonds. The van der Waals surface area contributed by atoms with Crippen LogP contribution in [0.5, 0.6) is 5.75 Å². The molecule has 0 fully saturated rings. The molecule has 1 atom stereocenters. The summed E-state index contributed by atoms with van der Waals surface area (Å²) in [6.45, 7) is 2.79. The second-order valence-corrected chi connectivity index (χ2v) is 4.05. The third kappa shape index (κ3) is 4.67. The summed E-state index contributed by atoms with van der Waals surface area (Å²) in [4.78, 5) is 0. The molecule has 0 bridgehead atoms. The lowest BCUT2D eigenvalue weighted by Gasteiger charge is -2.14. The highest BCUT2D eigenvalue weighted by atomic mass is 79.9. The van der Waals surface area contributed by atoms with Crippen LogP contribution in [0.15, 0.2) is 24.3 Å². The summed E-state index contributed by atoms with van der Waals surface area (Å²) in [5, 5.41) is 0.881. The van der Waals surface area contributed by atoms with Gasteiger partial charge in [-0.1, -0.05) is 28.1 Å². The van der Waals surface area contributed by atoms with Crippen LogP contribution < -0.4 is 4.74 Å². The summed E-state index contributed by atoms with van der Waals surface area (Å²) in [5.74, 6) is 0.920. The van der Waals surface area contributed by atoms with Gasteiger partial charge in [-0.05, 0) is 24.6 Å². The van der Waals surface area contributed by atoms with E-state index in [2.05, 4.69) is 35.0 Å². The van der Waals surface area contributed by atoms with E-state index >= 15 is 0 Å². The molecule has 0 aliphatic rings. The lowest BCUT2D eigenvalue weighted by molar-refractivity contribution is 0.135. The van der Waals surface area contributed by atoms with Crippen LogP contribution in [0.2, 0.25) is 0 Å². The summed E-state index contributed by atoms with van der Waals surface area (Å²) in [6, 6.07) is 8.13. The lowest BCUT2D eigenvalue weighted by atomic mass is 10.2. The molecule has 1 aromatic carbocycles. The fourth-order valence-electron chi connectivity index (χ4n) is 1.23. The van der Waals surface area contributed by atoms with Crippen molar-refractivity contribution in [2.75, 3.05) is 13.7 Å². The standard InChI is InChI=1S/C12H17BrO2/c1-10(7-8-14-2)15-12-5-3-11(9-13)4-6-12/h3-6,10H,7-9H2,1-2H3. The van der Waals surface area contributed by atoms with Gasteiger partial charge in [-0.25, -0.2) is 0 Å². The van der Waals surface area contributed by atoms with E-state index in [4.69, 9.17) is 9.47 Å². The van der Waals surface area contributed by atoms with Crippen molar-refractivity contribution in [1.82, 2.24) is 0 Å². The number of methoxy groups -OCH3 is 1. The number of hydrogen-bond donors (Lipinski definition) is 0. The second-order valence-electron chi connectivity index (χ2n) is 3.49. The molecule has 0 spiro atoms. The monoisotopic (exact) mass is 272 g/mol. The Labute approximate surface area is 99.7 Å². The normalized spacial score (nSPS) is 12.5. The minimum Gasteiger partial charge on any atom is -0.491 e. The van der Waals surface area contributed by atoms with E-state index in [1.807, 2.05) is 12.1 Å². The van der Waals surface area contributed by atoms with Gasteiger partial charge < -0.3 is 9.47 Å². The van der Waals surface area contributed by atoms with E-state index in [0.29, 0.717) is 0 Å². The van der Waals surface area contributed by atoms with Crippen LogP contribution in [0, 0.1) is 0 Å². The molecule has 0 N–H and O–H groups in total. The Kier molecular flexibility index (Phi) is 5.73. The minimum absolute atomic E-state index is 0.194. The van der Waals surface area contributed by atoms with Crippen molar-refractivity contribution in [1.29, 1.82) is 0 Å². The number of alkyl halides is 1. The van der Waals surface area contributed by atoms with E-state index in [0.717, 1.165) is 24.1 Å². The molecule has 1 rings (SSSR count). The summed E-state index contributed by atoms with van der Waals surface area (Å²) in [6.07, 6.45) is 1.11. The van der Waals surface area contributed by atoms with Gasteiger partial charge in [0.25, 0.3) is 0 Å². The van der Waals surface area contributed by atoms with Gasteiger partial charge in [-0.2, -0.15) is 0 Å². The minimum atomic E-state index is 0.194. The molecular weight excluding hydrogens is 256 g/mol. The van der Waals surface area contributed by atoms with Gasteiger partial charge in [-0.3, -0.25) is 0 Å². The maximum absolute atomic E-state index is 5.72. The van der Waals surface area contributed by atoms with E-state index in [1.165, 1.54) is 5.56 Å². The number of rotatable bonds is 6. The SMILES string of the molecule is COCCC(C)Oc1ccc(CBr)cc1. The first-order valence-corrected chi connectivity index (χ1v) is 6.19. The summed E-state index contributed by atoms with van der Waals surface area (Å²) >= 11 is 3.41. The van der Waals surface area contributed by atoms with Gasteiger partial charge in [0.2, 0.25) is 0 Å². The van der Waals surface area contributed by atoms with Gasteiger partial charge in [0.15, 0.2) is 0 Å². The quantitative estimate of drug-likeness (QED) is 0.740. The number of benzene rings is 1. The second kappa shape index (κ2) is 6.85. The van der Waals surface area contributed by atoms with Gasteiger partial charge in [0, 0.05) is 25.5 Å². The molecule has 0 aromatic heterocycles. The van der Waals surface area contributed by atoms with Crippen LogP contribution in [-0.2, 0) is 10.1 Å². The van der Waals surface area contributed by atoms with Crippen LogP contribution in [0.1, 0.15) is 18.9 Å². The number of halogens is 1. The van der Waals surface area contributed by atoms with Crippen LogP contribution in [-0.4, -0.2) is 19.8 Å². The topological polar surface area (TPSA) is 18.5 Å². The van der Waals surface area contributed by atoms with Crippen molar-refractivity contribution < 1.29 is 9.47 Å². The van der Waals surface area contributed by atoms with E-state index in [-0.39, 0.29) is 6.10 Å². The van der Waals surface area contributed by atoms with E-state index < -0.39 is 0 Å². The summed E-state index contributed by atoms with van der Waals surface area (Å²) < 4.78 is 10.7. The highest BCUT2D eigenvalue weighted by Gasteiger charge is 2.03. The van der Waals surface area contributed by atoms with Crippen LogP contribution in [0.4, 0.5) is 0 Å². The molecule has 0 heterocycles. The van der Waals surface area contributed by atoms with Gasteiger partial charge in [0.1, 0.15) is 5.75 Å². The molecular formula is C12H17BrO2. The predicted molar refractivity (Wildman–Crippen MR) is 65.7 cm³/mol. The highest BCUT2D eigenvalue weighted by Crippen LogP contribution is 2.16. The third-order valence-electron chi connectivity index (χ3n) is 2.14. The average Bonchev–Trinajstić information content (AvgIpc) is 2.27. The fourth-order valence-corrected chi connectivity index (χ4v) is 1.61. The van der Waals surface area contributed by atoms with Crippen molar-refractivity contribution in [3.8, 4) is 5.75 Å². The Morgan fingerprint density at radius 2 is 1.93 bits per heavy atom. The van der Waals surface area contributed by atoms with Gasteiger partial charge in [-0.15, -0.1) is 0 Å². The smallest absolute Gasteiger partial charge is 0.119 e. The summed E-state index contributed by atoms with van der Waals surface area (Å²) in [5.41, 5.74) is 1.26. The first-order valence-electron chi connectivity index (χ1n) is 5.06. The third-order valence-corrected chi connectivity index (χ3v) is 2.79. The Morgan fingerprint density at radius 1 is 1.27 bits per heavy atom. The first-order chi connectivity index (χ1) is 7.26. The Morgan fingerprint density at radius 3 is 2.47 bits per heavy atom. The molecule has 0 aliphatic heterocycles. The predicted octanol–water partition coefficient (Wildman–Crippen LogP) is 3.39. The molecule has 0 saturated carbocycles. The van der Waals surface area contributed by atoms with Crippen LogP contribution >= 0.6 is 15.9 Å². The van der Waals surface area contributed by atoms with Gasteiger partial charge in [0.05, 0.1) is 6.10 Å². The first kappa shape index (κ1) is 12.5.